The molecule has 0 atom stereocenters. The normalized spacial score (nSPS) is 10.4. The first-order chi connectivity index (χ1) is 16.0. The van der Waals surface area contributed by atoms with E-state index in [1.54, 1.807) is 0 Å². The summed E-state index contributed by atoms with van der Waals surface area (Å²) in [6.07, 6.45) is 2.91. The molecule has 12 heteroatoms. The van der Waals surface area contributed by atoms with Crippen molar-refractivity contribution in [3.8, 4) is 33.8 Å². The molecule has 3 heterocycles. The van der Waals surface area contributed by atoms with Crippen LogP contribution in [0.2, 0.25) is 0 Å². The van der Waals surface area contributed by atoms with Crippen LogP contribution in [-0.4, -0.2) is 13.7 Å². The van der Waals surface area contributed by atoms with Gasteiger partial charge in [0.25, 0.3) is 0 Å². The zero-order valence-corrected chi connectivity index (χ0v) is 28.1. The third kappa shape index (κ3) is 6.68. The quantitative estimate of drug-likeness (QED) is 0.157. The molecule has 0 radical (unpaired) electrons. The molecule has 0 aliphatic heterocycles. The van der Waals surface area contributed by atoms with Crippen LogP contribution in [0.1, 0.15) is 40.0 Å². The van der Waals surface area contributed by atoms with Crippen molar-refractivity contribution >= 4 is 85.0 Å². The Morgan fingerprint density at radius 2 is 0.778 bits per heavy atom. The molecule has 198 valence electrons. The summed E-state index contributed by atoms with van der Waals surface area (Å²) in [5.41, 5.74) is 6.40. The van der Waals surface area contributed by atoms with Crippen LogP contribution in [0.5, 0.6) is 0 Å². The highest BCUT2D eigenvalue weighted by atomic mass is 79.9. The number of thiazole rings is 3. The Bertz CT molecular complexity index is 1260. The minimum Gasteiger partial charge on any atom is -0.317 e. The summed E-state index contributed by atoms with van der Waals surface area (Å²) in [6, 6.07) is 6.59. The fraction of sp³-hybridized carbons (Fsp3) is 0.375. The summed E-state index contributed by atoms with van der Waals surface area (Å²) in [5, 5.41) is 31.4. The lowest BCUT2D eigenvalue weighted by Gasteiger charge is -2.15. The molecule has 0 saturated heterocycles. The van der Waals surface area contributed by atoms with Crippen LogP contribution in [0.15, 0.2) is 34.3 Å². The van der Waals surface area contributed by atoms with Crippen molar-refractivity contribution in [3.63, 3.8) is 0 Å². The van der Waals surface area contributed by atoms with Crippen molar-refractivity contribution in [2.45, 2.75) is 59.7 Å². The molecule has 0 amide bonds. The van der Waals surface area contributed by atoms with Crippen LogP contribution in [0, 0.1) is 16.2 Å². The average molecular weight is 741 g/mol. The third-order valence-electron chi connectivity index (χ3n) is 5.62. The topological polar surface area (TPSA) is 86.3 Å². The molecule has 3 aromatic heterocycles. The van der Waals surface area contributed by atoms with E-state index in [4.69, 9.17) is 16.2 Å². The number of rotatable bonds is 9. The highest BCUT2D eigenvalue weighted by Gasteiger charge is 2.16. The van der Waals surface area contributed by atoms with Crippen molar-refractivity contribution in [1.82, 2.24) is 13.7 Å². The summed E-state index contributed by atoms with van der Waals surface area (Å²) >= 11 is 4.39. The monoisotopic (exact) mass is 738 g/mol. The highest BCUT2D eigenvalue weighted by molar-refractivity contribution is 8.93. The van der Waals surface area contributed by atoms with Crippen LogP contribution in [0.25, 0.3) is 33.8 Å². The summed E-state index contributed by atoms with van der Waals surface area (Å²) in [6.45, 7) is 8.85. The van der Waals surface area contributed by atoms with Crippen molar-refractivity contribution in [2.24, 2.45) is 0 Å². The van der Waals surface area contributed by atoms with E-state index in [1.807, 2.05) is 0 Å². The van der Waals surface area contributed by atoms with E-state index in [0.29, 0.717) is 14.4 Å². The molecule has 6 nitrogen and oxygen atoms in total. The van der Waals surface area contributed by atoms with Gasteiger partial charge < -0.3 is 13.7 Å². The summed E-state index contributed by atoms with van der Waals surface area (Å²) < 4.78 is 6.25. The molecule has 4 aromatic rings. The van der Waals surface area contributed by atoms with Crippen LogP contribution < -0.4 is 14.4 Å². The average Bonchev–Trinajstić information content (AvgIpc) is 3.47. The number of nitrogens with one attached hydrogen (secondary N) is 3. The number of halogens is 3. The molecule has 0 bridgehead atoms. The predicted molar refractivity (Wildman–Crippen MR) is 170 cm³/mol. The molecular formula is C24H33Br3N6S3. The second-order valence-corrected chi connectivity index (χ2v) is 10.6. The second-order valence-electron chi connectivity index (χ2n) is 8.03. The van der Waals surface area contributed by atoms with Crippen molar-refractivity contribution in [3.05, 3.63) is 48.7 Å². The number of benzene rings is 1. The lowest BCUT2D eigenvalue weighted by molar-refractivity contribution is 0.659. The minimum atomic E-state index is 0. The Hall–Kier alpha value is -1.05. The van der Waals surface area contributed by atoms with Gasteiger partial charge in [-0.2, -0.15) is 0 Å². The van der Waals surface area contributed by atoms with Crippen LogP contribution in [-0.2, 0) is 19.6 Å². The summed E-state index contributed by atoms with van der Waals surface area (Å²) in [4.78, 5) is 1.69. The maximum absolute atomic E-state index is 8.39. The molecule has 0 aliphatic rings. The highest BCUT2D eigenvalue weighted by Crippen LogP contribution is 2.34. The van der Waals surface area contributed by atoms with E-state index in [0.717, 1.165) is 72.7 Å². The number of nitrogens with zero attached hydrogens (tertiary/aromatic N) is 3. The van der Waals surface area contributed by atoms with Crippen LogP contribution in [0.3, 0.4) is 0 Å². The first-order valence-electron chi connectivity index (χ1n) is 11.3. The van der Waals surface area contributed by atoms with Gasteiger partial charge in [0.05, 0.1) is 17.1 Å². The summed E-state index contributed by atoms with van der Waals surface area (Å²) in [5.74, 6) is 0. The number of hydrogen-bond donors (Lipinski definition) is 3. The van der Waals surface area contributed by atoms with Gasteiger partial charge in [0, 0.05) is 52.5 Å². The molecule has 1 aromatic carbocycles. The fourth-order valence-electron chi connectivity index (χ4n) is 4.12. The van der Waals surface area contributed by atoms with E-state index in [1.165, 1.54) is 34.0 Å². The van der Waals surface area contributed by atoms with Gasteiger partial charge in [0.1, 0.15) is 0 Å². The summed E-state index contributed by atoms with van der Waals surface area (Å²) in [7, 11) is 0. The first-order valence-corrected chi connectivity index (χ1v) is 14.0. The Kier molecular flexibility index (Phi) is 13.5. The van der Waals surface area contributed by atoms with Gasteiger partial charge >= 0.3 is 0 Å². The maximum Gasteiger partial charge on any atom is 0.182 e. The van der Waals surface area contributed by atoms with Crippen molar-refractivity contribution < 1.29 is 0 Å². The zero-order chi connectivity index (χ0) is 23.5. The predicted octanol–water partition coefficient (Wildman–Crippen LogP) is 7.68. The molecule has 0 unspecified atom stereocenters. The molecule has 0 aliphatic carbocycles. The third-order valence-corrected chi connectivity index (χ3v) is 7.97. The first kappa shape index (κ1) is 33.0. The molecule has 0 saturated carbocycles. The standard InChI is InChI=1S/C24H30N6S3.3BrH/c1-4-7-28-19(13-31-22(28)25)16-10-17(20-14-32-23(26)29(20)8-5-2)12-18(11-16)21-15-33-24(27)30(21)9-6-3;;;/h10-15,25-27H,4-9H2,1-3H3;3*1H. The van der Waals surface area contributed by atoms with Gasteiger partial charge in [-0.1, -0.05) is 20.8 Å². The molecule has 36 heavy (non-hydrogen) atoms. The van der Waals surface area contributed by atoms with Crippen molar-refractivity contribution in [2.75, 3.05) is 0 Å². The lowest BCUT2D eigenvalue weighted by atomic mass is 10.00. The van der Waals surface area contributed by atoms with Crippen molar-refractivity contribution in [1.29, 1.82) is 16.2 Å². The Morgan fingerprint density at radius 1 is 0.528 bits per heavy atom. The molecule has 4 rings (SSSR count). The van der Waals surface area contributed by atoms with E-state index < -0.39 is 0 Å². The van der Waals surface area contributed by atoms with E-state index in [9.17, 15) is 0 Å². The molecular weight excluding hydrogens is 708 g/mol. The van der Waals surface area contributed by atoms with Gasteiger partial charge in [-0.25, -0.2) is 0 Å². The SMILES string of the molecule is Br.Br.Br.CCCn1c(-c2cc(-c3csc(=N)n3CCC)cc(-c3csc(=N)n3CCC)c2)csc1=N. The van der Waals surface area contributed by atoms with Gasteiger partial charge in [-0.05, 0) is 37.5 Å². The largest absolute Gasteiger partial charge is 0.317 e. The molecule has 0 fully saturated rings. The minimum absolute atomic E-state index is 0. The maximum atomic E-state index is 8.39. The second kappa shape index (κ2) is 14.8. The van der Waals surface area contributed by atoms with Gasteiger partial charge in [-0.3, -0.25) is 16.2 Å². The molecule has 3 N–H and O–H groups in total. The Labute approximate surface area is 255 Å². The van der Waals surface area contributed by atoms with E-state index in [2.05, 4.69) is 68.8 Å². The number of aromatic nitrogens is 3. The van der Waals surface area contributed by atoms with Gasteiger partial charge in [0.2, 0.25) is 0 Å². The Balaban J connectivity index is 0.00000216. The van der Waals surface area contributed by atoms with Crippen LogP contribution >= 0.6 is 85.0 Å². The van der Waals surface area contributed by atoms with E-state index in [-0.39, 0.29) is 50.9 Å². The Morgan fingerprint density at radius 3 is 1.00 bits per heavy atom. The molecule has 0 spiro atoms. The van der Waals surface area contributed by atoms with Gasteiger partial charge in [0.15, 0.2) is 14.4 Å². The zero-order valence-electron chi connectivity index (χ0n) is 20.5. The van der Waals surface area contributed by atoms with Gasteiger partial charge in [-0.15, -0.1) is 85.0 Å². The fourth-order valence-corrected chi connectivity index (χ4v) is 6.53. The lowest BCUT2D eigenvalue weighted by Crippen LogP contribution is -2.15. The number of hydrogen-bond acceptors (Lipinski definition) is 6. The van der Waals surface area contributed by atoms with E-state index >= 15 is 0 Å². The van der Waals surface area contributed by atoms with Crippen LogP contribution in [0.4, 0.5) is 0 Å². The smallest absolute Gasteiger partial charge is 0.182 e.